The molecule has 2 aromatic rings. The van der Waals surface area contributed by atoms with Gasteiger partial charge in [0.05, 0.1) is 10.9 Å². The minimum Gasteiger partial charge on any atom is -0.373 e. The second kappa shape index (κ2) is 6.34. The van der Waals surface area contributed by atoms with Gasteiger partial charge in [0.2, 0.25) is 10.0 Å². The third kappa shape index (κ3) is 3.36. The molecule has 0 aliphatic heterocycles. The van der Waals surface area contributed by atoms with Gasteiger partial charge < -0.3 is 5.32 Å². The molecular formula is C13H17N3O2S2. The normalized spacial score (nSPS) is 13.1. The monoisotopic (exact) mass is 311 g/mol. The Morgan fingerprint density at radius 3 is 2.80 bits per heavy atom. The Kier molecular flexibility index (Phi) is 4.74. The van der Waals surface area contributed by atoms with E-state index < -0.39 is 10.0 Å². The van der Waals surface area contributed by atoms with Gasteiger partial charge in [0, 0.05) is 24.2 Å². The van der Waals surface area contributed by atoms with Gasteiger partial charge in [-0.1, -0.05) is 13.0 Å². The zero-order valence-electron chi connectivity index (χ0n) is 11.3. The largest absolute Gasteiger partial charge is 0.373 e. The van der Waals surface area contributed by atoms with Crippen LogP contribution in [0.1, 0.15) is 24.3 Å². The summed E-state index contributed by atoms with van der Waals surface area (Å²) in [7, 11) is -1.85. The van der Waals surface area contributed by atoms with Gasteiger partial charge in [-0.05, 0) is 23.9 Å². The van der Waals surface area contributed by atoms with Crippen LogP contribution in [-0.4, -0.2) is 20.4 Å². The quantitative estimate of drug-likeness (QED) is 0.860. The lowest BCUT2D eigenvalue weighted by atomic mass is 10.2. The molecule has 1 atom stereocenters. The van der Waals surface area contributed by atoms with Crippen molar-refractivity contribution in [2.24, 2.45) is 0 Å². The third-order valence-electron chi connectivity index (χ3n) is 2.89. The first-order chi connectivity index (χ1) is 9.56. The minimum atomic E-state index is -3.55. The molecule has 5 nitrogen and oxygen atoms in total. The summed E-state index contributed by atoms with van der Waals surface area (Å²) in [5, 5.41) is 4.78. The van der Waals surface area contributed by atoms with Crippen LogP contribution in [0.15, 0.2) is 40.7 Å². The highest BCUT2D eigenvalue weighted by molar-refractivity contribution is 7.89. The van der Waals surface area contributed by atoms with Crippen LogP contribution >= 0.6 is 11.3 Å². The first kappa shape index (κ1) is 15.0. The molecular weight excluding hydrogens is 294 g/mol. The highest BCUT2D eigenvalue weighted by atomic mass is 32.2. The molecule has 0 aliphatic rings. The van der Waals surface area contributed by atoms with E-state index in [2.05, 4.69) is 15.0 Å². The molecule has 0 fully saturated rings. The van der Waals surface area contributed by atoms with E-state index in [4.69, 9.17) is 0 Å². The predicted octanol–water partition coefficient (Wildman–Crippen LogP) is 2.61. The van der Waals surface area contributed by atoms with Gasteiger partial charge in [0.1, 0.15) is 5.82 Å². The predicted molar refractivity (Wildman–Crippen MR) is 81.5 cm³/mol. The zero-order valence-corrected chi connectivity index (χ0v) is 13.0. The number of rotatable bonds is 6. The van der Waals surface area contributed by atoms with E-state index in [0.29, 0.717) is 12.2 Å². The average Bonchev–Trinajstić information content (AvgIpc) is 2.99. The fourth-order valence-electron chi connectivity index (χ4n) is 1.80. The topological polar surface area (TPSA) is 71.1 Å². The lowest BCUT2D eigenvalue weighted by Crippen LogP contribution is -2.28. The number of nitrogens with zero attached hydrogens (tertiary/aromatic N) is 1. The van der Waals surface area contributed by atoms with E-state index in [9.17, 15) is 8.42 Å². The average molecular weight is 311 g/mol. The number of anilines is 1. The number of hydrogen-bond acceptors (Lipinski definition) is 5. The number of thiophene rings is 1. The molecule has 7 heteroatoms. The van der Waals surface area contributed by atoms with Gasteiger partial charge >= 0.3 is 0 Å². The highest BCUT2D eigenvalue weighted by Crippen LogP contribution is 2.24. The summed E-state index contributed by atoms with van der Waals surface area (Å²) in [5.41, 5.74) is 0. The Morgan fingerprint density at radius 2 is 2.20 bits per heavy atom. The van der Waals surface area contributed by atoms with E-state index >= 15 is 0 Å². The molecule has 20 heavy (non-hydrogen) atoms. The number of hydrogen-bond donors (Lipinski definition) is 2. The smallest absolute Gasteiger partial charge is 0.241 e. The van der Waals surface area contributed by atoms with Crippen molar-refractivity contribution in [3.63, 3.8) is 0 Å². The molecule has 2 aromatic heterocycles. The second-order valence-electron chi connectivity index (χ2n) is 4.22. The van der Waals surface area contributed by atoms with E-state index in [-0.39, 0.29) is 10.9 Å². The third-order valence-corrected chi connectivity index (χ3v) is 5.35. The molecule has 0 spiro atoms. The first-order valence-corrected chi connectivity index (χ1v) is 8.62. The van der Waals surface area contributed by atoms with Crippen molar-refractivity contribution in [3.8, 4) is 0 Å². The van der Waals surface area contributed by atoms with Gasteiger partial charge in [-0.15, -0.1) is 11.3 Å². The summed E-state index contributed by atoms with van der Waals surface area (Å²) in [5.74, 6) is 0.525. The van der Waals surface area contributed by atoms with E-state index in [1.807, 2.05) is 24.4 Å². The fourth-order valence-corrected chi connectivity index (χ4v) is 4.05. The standard InChI is InChI=1S/C13H17N3O2S2/c1-3-11(12-5-4-8-19-12)16-20(17,18)10-6-7-15-13(9-10)14-2/h4-9,11,16H,3H2,1-2H3,(H,14,15). The van der Waals surface area contributed by atoms with Crippen molar-refractivity contribution in [1.29, 1.82) is 0 Å². The molecule has 0 saturated carbocycles. The van der Waals surface area contributed by atoms with E-state index in [0.717, 1.165) is 4.88 Å². The highest BCUT2D eigenvalue weighted by Gasteiger charge is 2.21. The fraction of sp³-hybridized carbons (Fsp3) is 0.308. The van der Waals surface area contributed by atoms with Crippen LogP contribution in [0.3, 0.4) is 0 Å². The molecule has 2 N–H and O–H groups in total. The van der Waals surface area contributed by atoms with Crippen LogP contribution in [0.4, 0.5) is 5.82 Å². The summed E-state index contributed by atoms with van der Waals surface area (Å²) in [6, 6.07) is 6.66. The molecule has 0 bridgehead atoms. The molecule has 0 amide bonds. The Balaban J connectivity index is 2.26. The molecule has 2 heterocycles. The number of pyridine rings is 1. The van der Waals surface area contributed by atoms with Crippen molar-refractivity contribution >= 4 is 27.2 Å². The lowest BCUT2D eigenvalue weighted by molar-refractivity contribution is 0.553. The van der Waals surface area contributed by atoms with E-state index in [1.54, 1.807) is 18.4 Å². The van der Waals surface area contributed by atoms with Crippen molar-refractivity contribution in [1.82, 2.24) is 9.71 Å². The molecule has 0 radical (unpaired) electrons. The number of nitrogens with one attached hydrogen (secondary N) is 2. The number of aromatic nitrogens is 1. The van der Waals surface area contributed by atoms with Gasteiger partial charge in [-0.2, -0.15) is 0 Å². The Hall–Kier alpha value is -1.44. The maximum absolute atomic E-state index is 12.4. The minimum absolute atomic E-state index is 0.203. The molecule has 2 rings (SSSR count). The zero-order chi connectivity index (χ0) is 14.6. The van der Waals surface area contributed by atoms with Crippen LogP contribution < -0.4 is 10.0 Å². The summed E-state index contributed by atoms with van der Waals surface area (Å²) < 4.78 is 27.5. The summed E-state index contributed by atoms with van der Waals surface area (Å²) >= 11 is 1.55. The molecule has 0 aromatic carbocycles. The van der Waals surface area contributed by atoms with Crippen LogP contribution in [0.2, 0.25) is 0 Å². The Labute approximate surface area is 123 Å². The van der Waals surface area contributed by atoms with Crippen molar-refractivity contribution in [3.05, 3.63) is 40.7 Å². The molecule has 0 aliphatic carbocycles. The van der Waals surface area contributed by atoms with Gasteiger partial charge in [0.25, 0.3) is 0 Å². The number of sulfonamides is 1. The maximum atomic E-state index is 12.4. The van der Waals surface area contributed by atoms with Crippen molar-refractivity contribution < 1.29 is 8.42 Å². The molecule has 0 saturated heterocycles. The summed E-state index contributed by atoms with van der Waals surface area (Å²) in [6.45, 7) is 1.96. The molecule has 108 valence electrons. The second-order valence-corrected chi connectivity index (χ2v) is 6.92. The van der Waals surface area contributed by atoms with Crippen LogP contribution in [-0.2, 0) is 10.0 Å². The van der Waals surface area contributed by atoms with Gasteiger partial charge in [0.15, 0.2) is 0 Å². The maximum Gasteiger partial charge on any atom is 0.241 e. The first-order valence-electron chi connectivity index (χ1n) is 6.26. The van der Waals surface area contributed by atoms with Crippen molar-refractivity contribution in [2.75, 3.05) is 12.4 Å². The van der Waals surface area contributed by atoms with Crippen LogP contribution in [0.5, 0.6) is 0 Å². The van der Waals surface area contributed by atoms with Crippen molar-refractivity contribution in [2.45, 2.75) is 24.3 Å². The Bertz CT molecular complexity index is 654. The van der Waals surface area contributed by atoms with Gasteiger partial charge in [-0.3, -0.25) is 0 Å². The molecule has 1 unspecified atom stereocenters. The SMILES string of the molecule is CCC(NS(=O)(=O)c1ccnc(NC)c1)c1cccs1. The summed E-state index contributed by atoms with van der Waals surface area (Å²) in [4.78, 5) is 5.25. The van der Waals surface area contributed by atoms with E-state index in [1.165, 1.54) is 18.3 Å². The Morgan fingerprint density at radius 1 is 1.40 bits per heavy atom. The van der Waals surface area contributed by atoms with Crippen LogP contribution in [0, 0.1) is 0 Å². The van der Waals surface area contributed by atoms with Gasteiger partial charge in [-0.25, -0.2) is 18.1 Å². The lowest BCUT2D eigenvalue weighted by Gasteiger charge is -2.16. The van der Waals surface area contributed by atoms with Crippen LogP contribution in [0.25, 0.3) is 0 Å². The summed E-state index contributed by atoms with van der Waals surface area (Å²) in [6.07, 6.45) is 2.18.